The van der Waals surface area contributed by atoms with Crippen LogP contribution in [-0.4, -0.2) is 45.4 Å². The first-order valence-corrected chi connectivity index (χ1v) is 13.5. The minimum atomic E-state index is -1.01. The molecule has 0 saturated carbocycles. The molecule has 0 radical (unpaired) electrons. The topological polar surface area (TPSA) is 106 Å². The summed E-state index contributed by atoms with van der Waals surface area (Å²) in [7, 11) is 3.02. The third-order valence-corrected chi connectivity index (χ3v) is 8.27. The van der Waals surface area contributed by atoms with Crippen LogP contribution in [0.1, 0.15) is 28.6 Å². The molecule has 3 aromatic heterocycles. The Hall–Kier alpha value is -4.41. The third kappa shape index (κ3) is 3.90. The number of Topliss-reactive ketones (excluding diaryl/α,β-unsaturated/α-hetero) is 1. The lowest BCUT2D eigenvalue weighted by molar-refractivity contribution is -0.132. The van der Waals surface area contributed by atoms with E-state index in [0.717, 1.165) is 10.3 Å². The number of aromatic nitrogens is 3. The van der Waals surface area contributed by atoms with Gasteiger partial charge in [0.2, 0.25) is 0 Å². The number of anilines is 1. The highest BCUT2D eigenvalue weighted by Crippen LogP contribution is 2.46. The van der Waals surface area contributed by atoms with Crippen molar-refractivity contribution >= 4 is 61.4 Å². The van der Waals surface area contributed by atoms with Gasteiger partial charge in [-0.2, -0.15) is 0 Å². The van der Waals surface area contributed by atoms with Crippen molar-refractivity contribution in [3.05, 3.63) is 87.8 Å². The summed E-state index contributed by atoms with van der Waals surface area (Å²) in [6.07, 6.45) is 1.83. The molecule has 5 aromatic rings. The zero-order valence-electron chi connectivity index (χ0n) is 21.9. The van der Waals surface area contributed by atoms with Crippen LogP contribution in [-0.2, 0) is 9.59 Å². The Labute approximate surface area is 237 Å². The first-order chi connectivity index (χ1) is 19.2. The number of aliphatic hydroxyl groups excluding tert-OH is 1. The van der Waals surface area contributed by atoms with Crippen LogP contribution in [0.3, 0.4) is 0 Å². The minimum absolute atomic E-state index is 0.0985. The fourth-order valence-corrected chi connectivity index (χ4v) is 6.30. The van der Waals surface area contributed by atoms with Crippen LogP contribution >= 0.6 is 22.9 Å². The Morgan fingerprint density at radius 2 is 1.80 bits per heavy atom. The number of ketones is 1. The van der Waals surface area contributed by atoms with Crippen molar-refractivity contribution in [2.45, 2.75) is 19.9 Å². The number of carbonyl (C=O) groups excluding carboxylic acids is 2. The highest BCUT2D eigenvalue weighted by molar-refractivity contribution is 7.22. The van der Waals surface area contributed by atoms with E-state index in [1.807, 2.05) is 29.7 Å². The summed E-state index contributed by atoms with van der Waals surface area (Å²) in [4.78, 5) is 37.9. The molecule has 1 aliphatic heterocycles. The molecule has 9 nitrogen and oxygen atoms in total. The van der Waals surface area contributed by atoms with Crippen molar-refractivity contribution in [2.24, 2.45) is 0 Å². The van der Waals surface area contributed by atoms with E-state index in [-0.39, 0.29) is 17.0 Å². The van der Waals surface area contributed by atoms with Gasteiger partial charge in [0.15, 0.2) is 22.4 Å². The predicted molar refractivity (Wildman–Crippen MR) is 154 cm³/mol. The Balaban J connectivity index is 1.61. The number of benzene rings is 2. The van der Waals surface area contributed by atoms with Crippen LogP contribution in [0.4, 0.5) is 5.13 Å². The van der Waals surface area contributed by atoms with E-state index >= 15 is 0 Å². The van der Waals surface area contributed by atoms with Gasteiger partial charge in [-0.15, -0.1) is 0 Å². The quantitative estimate of drug-likeness (QED) is 0.159. The fraction of sp³-hybridized carbons (Fsp3) is 0.172. The molecule has 1 fully saturated rings. The summed E-state index contributed by atoms with van der Waals surface area (Å²) in [6, 6.07) is 13.1. The van der Waals surface area contributed by atoms with Crippen LogP contribution in [0.15, 0.2) is 60.3 Å². The molecule has 1 N–H and O–H groups in total. The number of aliphatic hydroxyl groups is 1. The summed E-state index contributed by atoms with van der Waals surface area (Å²) in [5.41, 5.74) is 3.43. The largest absolute Gasteiger partial charge is 0.505 e. The first kappa shape index (κ1) is 25.8. The number of imidazole rings is 1. The number of fused-ring (bicyclic) bond motifs is 2. The second kappa shape index (κ2) is 9.65. The number of pyridine rings is 1. The van der Waals surface area contributed by atoms with Gasteiger partial charge in [-0.1, -0.05) is 35.1 Å². The predicted octanol–water partition coefficient (Wildman–Crippen LogP) is 5.86. The van der Waals surface area contributed by atoms with E-state index in [4.69, 9.17) is 21.1 Å². The number of carbonyl (C=O) groups is 2. The second-order valence-electron chi connectivity index (χ2n) is 9.32. The molecule has 1 aliphatic rings. The van der Waals surface area contributed by atoms with Crippen LogP contribution in [0.2, 0.25) is 5.02 Å². The van der Waals surface area contributed by atoms with Gasteiger partial charge in [-0.05, 0) is 61.4 Å². The summed E-state index contributed by atoms with van der Waals surface area (Å²) >= 11 is 7.41. The monoisotopic (exact) mass is 574 g/mol. The smallest absolute Gasteiger partial charge is 0.301 e. The second-order valence-corrected chi connectivity index (χ2v) is 10.8. The lowest BCUT2D eigenvalue weighted by Crippen LogP contribution is -2.29. The van der Waals surface area contributed by atoms with Crippen LogP contribution in [0.25, 0.3) is 21.6 Å². The molecule has 4 heterocycles. The zero-order chi connectivity index (χ0) is 28.3. The van der Waals surface area contributed by atoms with Crippen LogP contribution in [0, 0.1) is 13.8 Å². The van der Waals surface area contributed by atoms with Gasteiger partial charge < -0.3 is 19.0 Å². The van der Waals surface area contributed by atoms with Gasteiger partial charge in [0, 0.05) is 11.2 Å². The maximum absolute atomic E-state index is 13.7. The number of hydrogen-bond donors (Lipinski definition) is 1. The molecular formula is C29H23ClN4O5S. The maximum Gasteiger partial charge on any atom is 0.301 e. The van der Waals surface area contributed by atoms with Crippen molar-refractivity contribution in [3.8, 4) is 11.5 Å². The maximum atomic E-state index is 13.7. The lowest BCUT2D eigenvalue weighted by Gasteiger charge is -2.23. The van der Waals surface area contributed by atoms with Gasteiger partial charge >= 0.3 is 5.91 Å². The van der Waals surface area contributed by atoms with Crippen molar-refractivity contribution in [2.75, 3.05) is 19.1 Å². The van der Waals surface area contributed by atoms with Gasteiger partial charge in [-0.25, -0.2) is 9.97 Å². The third-order valence-electron chi connectivity index (χ3n) is 7.02. The van der Waals surface area contributed by atoms with Crippen molar-refractivity contribution in [1.29, 1.82) is 0 Å². The summed E-state index contributed by atoms with van der Waals surface area (Å²) < 4.78 is 13.5. The standard InChI is InChI=1S/C29H23ClN4O5S/c1-14-6-5-11-33-15(2)23(32-27(14)33)25(35)22-24(16-7-10-19(38-3)20(12-16)39-4)34(28(37)26(22)36)29-31-18-9-8-17(30)13-21(18)40-29/h5-13,24,35H,1-4H3. The Morgan fingerprint density at radius 1 is 1.02 bits per heavy atom. The molecule has 40 heavy (non-hydrogen) atoms. The number of rotatable bonds is 5. The van der Waals surface area contributed by atoms with Crippen molar-refractivity contribution in [1.82, 2.24) is 14.4 Å². The molecule has 11 heteroatoms. The van der Waals surface area contributed by atoms with E-state index in [1.54, 1.807) is 43.3 Å². The molecule has 1 saturated heterocycles. The molecule has 202 valence electrons. The van der Waals surface area contributed by atoms with Crippen LogP contribution in [0.5, 0.6) is 11.5 Å². The molecular weight excluding hydrogens is 552 g/mol. The number of methoxy groups -OCH3 is 2. The Bertz CT molecular complexity index is 1890. The normalized spacial score (nSPS) is 16.8. The highest BCUT2D eigenvalue weighted by Gasteiger charge is 2.49. The molecule has 1 atom stereocenters. The van der Waals surface area contributed by atoms with Gasteiger partial charge in [0.25, 0.3) is 5.78 Å². The molecule has 2 aromatic carbocycles. The summed E-state index contributed by atoms with van der Waals surface area (Å²) in [5, 5.41) is 12.5. The summed E-state index contributed by atoms with van der Waals surface area (Å²) in [6.45, 7) is 3.71. The number of nitrogens with zero attached hydrogens (tertiary/aromatic N) is 4. The van der Waals surface area contributed by atoms with E-state index < -0.39 is 17.7 Å². The number of thiazole rings is 1. The van der Waals surface area contributed by atoms with Crippen molar-refractivity contribution in [3.63, 3.8) is 0 Å². The van der Waals surface area contributed by atoms with E-state index in [9.17, 15) is 14.7 Å². The minimum Gasteiger partial charge on any atom is -0.505 e. The Kier molecular flexibility index (Phi) is 6.24. The van der Waals surface area contributed by atoms with Gasteiger partial charge in [-0.3, -0.25) is 14.5 Å². The van der Waals surface area contributed by atoms with Crippen molar-refractivity contribution < 1.29 is 24.2 Å². The van der Waals surface area contributed by atoms with E-state index in [1.165, 1.54) is 30.5 Å². The first-order valence-electron chi connectivity index (χ1n) is 12.3. The van der Waals surface area contributed by atoms with Gasteiger partial charge in [0.05, 0.1) is 41.7 Å². The van der Waals surface area contributed by atoms with Crippen LogP contribution < -0.4 is 14.4 Å². The fourth-order valence-electron chi connectivity index (χ4n) is 5.03. The zero-order valence-corrected chi connectivity index (χ0v) is 23.5. The molecule has 6 rings (SSSR count). The Morgan fingerprint density at radius 3 is 2.52 bits per heavy atom. The summed E-state index contributed by atoms with van der Waals surface area (Å²) in [5.74, 6) is -1.15. The molecule has 0 bridgehead atoms. The number of aryl methyl sites for hydroxylation is 2. The number of amides is 1. The average Bonchev–Trinajstić information content (AvgIpc) is 3.60. The lowest BCUT2D eigenvalue weighted by atomic mass is 9.96. The van der Waals surface area contributed by atoms with E-state index in [0.29, 0.717) is 44.1 Å². The molecule has 0 spiro atoms. The number of ether oxygens (including phenoxy) is 2. The number of hydrogen-bond acceptors (Lipinski definition) is 8. The molecule has 0 aliphatic carbocycles. The molecule has 1 amide bonds. The highest BCUT2D eigenvalue weighted by atomic mass is 35.5. The van der Waals surface area contributed by atoms with E-state index in [2.05, 4.69) is 9.97 Å². The van der Waals surface area contributed by atoms with Gasteiger partial charge in [0.1, 0.15) is 11.3 Å². The average molecular weight is 575 g/mol. The SMILES string of the molecule is COc1ccc(C2C(=C(O)c3nc4c(C)cccn4c3C)C(=O)C(=O)N2c2nc3ccc(Cl)cc3s2)cc1OC. The molecule has 1 unspecified atom stereocenters. The number of halogens is 1.